The minimum Gasteiger partial charge on any atom is -0.385 e. The molecule has 0 saturated carbocycles. The van der Waals surface area contributed by atoms with E-state index in [2.05, 4.69) is 5.32 Å². The second kappa shape index (κ2) is 8.76. The number of carbonyl (C=O) groups excluding carboxylic acids is 1. The maximum atomic E-state index is 11.8. The van der Waals surface area contributed by atoms with Crippen LogP contribution in [0.2, 0.25) is 0 Å². The van der Waals surface area contributed by atoms with Gasteiger partial charge in [0.25, 0.3) is 0 Å². The Morgan fingerprint density at radius 1 is 1.24 bits per heavy atom. The Bertz CT molecular complexity index is 531. The number of hydrogen-bond acceptors (Lipinski definition) is 4. The van der Waals surface area contributed by atoms with Gasteiger partial charge in [0.05, 0.1) is 6.26 Å². The summed E-state index contributed by atoms with van der Waals surface area (Å²) in [5, 5.41) is 2.73. The van der Waals surface area contributed by atoms with Gasteiger partial charge in [0.1, 0.15) is 0 Å². The standard InChI is InChI=1S/C14H22N2O4S/c1-20-12-6-10-16(21(2,18)19)11-9-14(17)15-13-7-4-3-5-8-13/h3-5,7-8H,6,9-12H2,1-2H3,(H,15,17). The lowest BCUT2D eigenvalue weighted by Gasteiger charge is -2.19. The molecule has 0 atom stereocenters. The van der Waals surface area contributed by atoms with Crippen LogP contribution in [0.15, 0.2) is 30.3 Å². The first-order valence-corrected chi connectivity index (χ1v) is 8.57. The van der Waals surface area contributed by atoms with Crippen LogP contribution in [0.1, 0.15) is 12.8 Å². The fourth-order valence-corrected chi connectivity index (χ4v) is 2.68. The van der Waals surface area contributed by atoms with Crippen molar-refractivity contribution in [2.45, 2.75) is 12.8 Å². The van der Waals surface area contributed by atoms with E-state index in [9.17, 15) is 13.2 Å². The van der Waals surface area contributed by atoms with E-state index < -0.39 is 10.0 Å². The van der Waals surface area contributed by atoms with Crippen LogP contribution in [0.3, 0.4) is 0 Å². The number of benzene rings is 1. The van der Waals surface area contributed by atoms with E-state index in [0.717, 1.165) is 6.26 Å². The highest BCUT2D eigenvalue weighted by Gasteiger charge is 2.17. The molecule has 21 heavy (non-hydrogen) atoms. The van der Waals surface area contributed by atoms with Crippen molar-refractivity contribution >= 4 is 21.6 Å². The molecule has 7 heteroatoms. The minimum absolute atomic E-state index is 0.120. The molecule has 0 heterocycles. The zero-order valence-electron chi connectivity index (χ0n) is 12.4. The molecule has 0 fully saturated rings. The maximum Gasteiger partial charge on any atom is 0.225 e. The van der Waals surface area contributed by atoms with Crippen molar-refractivity contribution in [1.29, 1.82) is 0 Å². The summed E-state index contributed by atoms with van der Waals surface area (Å²) in [4.78, 5) is 11.8. The van der Waals surface area contributed by atoms with Gasteiger partial charge in [0.2, 0.25) is 15.9 Å². The molecule has 0 aliphatic carbocycles. The van der Waals surface area contributed by atoms with E-state index in [1.807, 2.05) is 18.2 Å². The fourth-order valence-electron chi connectivity index (χ4n) is 1.80. The predicted molar refractivity (Wildman–Crippen MR) is 82.6 cm³/mol. The van der Waals surface area contributed by atoms with E-state index in [-0.39, 0.29) is 18.9 Å². The van der Waals surface area contributed by atoms with Crippen LogP contribution in [0.25, 0.3) is 0 Å². The largest absolute Gasteiger partial charge is 0.385 e. The molecule has 0 saturated heterocycles. The number of carbonyl (C=O) groups is 1. The van der Waals surface area contributed by atoms with Gasteiger partial charge in [0.15, 0.2) is 0 Å². The molecule has 1 aromatic rings. The summed E-state index contributed by atoms with van der Waals surface area (Å²) < 4.78 is 29.5. The van der Waals surface area contributed by atoms with Crippen molar-refractivity contribution in [3.05, 3.63) is 30.3 Å². The van der Waals surface area contributed by atoms with Gasteiger partial charge in [-0.1, -0.05) is 18.2 Å². The molecule has 0 bridgehead atoms. The van der Waals surface area contributed by atoms with E-state index >= 15 is 0 Å². The molecule has 6 nitrogen and oxygen atoms in total. The summed E-state index contributed by atoms with van der Waals surface area (Å²) in [6.45, 7) is 1.01. The number of methoxy groups -OCH3 is 1. The van der Waals surface area contributed by atoms with Crippen molar-refractivity contribution in [2.24, 2.45) is 0 Å². The molecule has 0 unspecified atom stereocenters. The van der Waals surface area contributed by atoms with E-state index in [1.165, 1.54) is 4.31 Å². The summed E-state index contributed by atoms with van der Waals surface area (Å²) in [5.41, 5.74) is 0.702. The first-order valence-electron chi connectivity index (χ1n) is 6.72. The lowest BCUT2D eigenvalue weighted by atomic mass is 10.3. The van der Waals surface area contributed by atoms with Gasteiger partial charge < -0.3 is 10.1 Å². The van der Waals surface area contributed by atoms with Crippen molar-refractivity contribution in [1.82, 2.24) is 4.31 Å². The molecule has 0 aromatic heterocycles. The van der Waals surface area contributed by atoms with Crippen LogP contribution >= 0.6 is 0 Å². The van der Waals surface area contributed by atoms with Crippen molar-refractivity contribution < 1.29 is 17.9 Å². The highest BCUT2D eigenvalue weighted by Crippen LogP contribution is 2.07. The van der Waals surface area contributed by atoms with E-state index in [1.54, 1.807) is 19.2 Å². The number of rotatable bonds is 9. The number of amides is 1. The van der Waals surface area contributed by atoms with Gasteiger partial charge in [-0.2, -0.15) is 0 Å². The molecule has 1 amide bonds. The van der Waals surface area contributed by atoms with Crippen molar-refractivity contribution in [3.63, 3.8) is 0 Å². The Morgan fingerprint density at radius 2 is 1.90 bits per heavy atom. The summed E-state index contributed by atoms with van der Waals surface area (Å²) in [6, 6.07) is 9.07. The molecule has 1 aromatic carbocycles. The van der Waals surface area contributed by atoms with Crippen LogP contribution in [0.5, 0.6) is 0 Å². The third-order valence-corrected chi connectivity index (χ3v) is 4.17. The summed E-state index contributed by atoms with van der Waals surface area (Å²) in [7, 11) is -1.75. The fraction of sp³-hybridized carbons (Fsp3) is 0.500. The van der Waals surface area contributed by atoms with Gasteiger partial charge >= 0.3 is 0 Å². The number of sulfonamides is 1. The highest BCUT2D eigenvalue weighted by molar-refractivity contribution is 7.88. The zero-order chi connectivity index (χ0) is 15.7. The number of nitrogens with zero attached hydrogens (tertiary/aromatic N) is 1. The molecule has 1 N–H and O–H groups in total. The van der Waals surface area contributed by atoms with Gasteiger partial charge in [-0.05, 0) is 18.6 Å². The Hall–Kier alpha value is -1.44. The normalized spacial score (nSPS) is 11.6. The highest BCUT2D eigenvalue weighted by atomic mass is 32.2. The lowest BCUT2D eigenvalue weighted by molar-refractivity contribution is -0.116. The van der Waals surface area contributed by atoms with Gasteiger partial charge in [0, 0.05) is 38.9 Å². The lowest BCUT2D eigenvalue weighted by Crippen LogP contribution is -2.34. The third kappa shape index (κ3) is 7.22. The minimum atomic E-state index is -3.32. The maximum absolute atomic E-state index is 11.8. The monoisotopic (exact) mass is 314 g/mol. The van der Waals surface area contributed by atoms with Gasteiger partial charge in [-0.3, -0.25) is 4.79 Å². The molecule has 0 aliphatic heterocycles. The Kier molecular flexibility index (Phi) is 7.35. The summed E-state index contributed by atoms with van der Waals surface area (Å²) in [5.74, 6) is -0.207. The SMILES string of the molecule is COCCCN(CCC(=O)Nc1ccccc1)S(C)(=O)=O. The topological polar surface area (TPSA) is 75.7 Å². The van der Waals surface area contributed by atoms with Crippen LogP contribution in [0.4, 0.5) is 5.69 Å². The molecular weight excluding hydrogens is 292 g/mol. The van der Waals surface area contributed by atoms with Crippen molar-refractivity contribution in [3.8, 4) is 0 Å². The summed E-state index contributed by atoms with van der Waals surface area (Å²) >= 11 is 0. The van der Waals surface area contributed by atoms with Gasteiger partial charge in [-0.15, -0.1) is 0 Å². The Morgan fingerprint density at radius 3 is 2.48 bits per heavy atom. The van der Waals surface area contributed by atoms with Crippen LogP contribution in [0, 0.1) is 0 Å². The first-order chi connectivity index (χ1) is 9.93. The molecule has 1 rings (SSSR count). The molecule has 0 radical (unpaired) electrons. The number of para-hydroxylation sites is 1. The number of hydrogen-bond donors (Lipinski definition) is 1. The second-order valence-electron chi connectivity index (χ2n) is 4.67. The van der Waals surface area contributed by atoms with Crippen LogP contribution in [-0.2, 0) is 19.6 Å². The average Bonchev–Trinajstić information content (AvgIpc) is 2.42. The van der Waals surface area contributed by atoms with E-state index in [4.69, 9.17) is 4.74 Å². The first kappa shape index (κ1) is 17.6. The molecule has 118 valence electrons. The van der Waals surface area contributed by atoms with E-state index in [0.29, 0.717) is 25.3 Å². The number of nitrogens with one attached hydrogen (secondary N) is 1. The van der Waals surface area contributed by atoms with Crippen LogP contribution < -0.4 is 5.32 Å². The van der Waals surface area contributed by atoms with Gasteiger partial charge in [-0.25, -0.2) is 12.7 Å². The Labute approximate surface area is 126 Å². The summed E-state index contributed by atoms with van der Waals surface area (Å²) in [6.07, 6.45) is 1.87. The smallest absolute Gasteiger partial charge is 0.225 e. The predicted octanol–water partition coefficient (Wildman–Crippen LogP) is 1.31. The third-order valence-electron chi connectivity index (χ3n) is 2.87. The number of anilines is 1. The zero-order valence-corrected chi connectivity index (χ0v) is 13.2. The quantitative estimate of drug-likeness (QED) is 0.697. The van der Waals surface area contributed by atoms with Crippen molar-refractivity contribution in [2.75, 3.05) is 38.4 Å². The Balaban J connectivity index is 2.46. The number of ether oxygens (including phenoxy) is 1. The molecular formula is C14H22N2O4S. The second-order valence-corrected chi connectivity index (χ2v) is 6.66. The molecule has 0 aliphatic rings. The van der Waals surface area contributed by atoms with Crippen LogP contribution in [-0.4, -0.2) is 51.7 Å². The molecule has 0 spiro atoms. The average molecular weight is 314 g/mol.